The van der Waals surface area contributed by atoms with Crippen LogP contribution >= 0.6 is 0 Å². The maximum atomic E-state index is 11.6. The highest BCUT2D eigenvalue weighted by molar-refractivity contribution is 5.76. The third-order valence-electron chi connectivity index (χ3n) is 3.34. The molecule has 1 fully saturated rings. The molecule has 4 heteroatoms. The number of unbranched alkanes of at least 4 members (excludes halogenated alkanes) is 1. The van der Waals surface area contributed by atoms with Gasteiger partial charge in [-0.05, 0) is 44.2 Å². The SMILES string of the molecule is NCCCCNC(=O)CC1(CN)CCC1. The van der Waals surface area contributed by atoms with Crippen LogP contribution in [0.3, 0.4) is 0 Å². The summed E-state index contributed by atoms with van der Waals surface area (Å²) in [6.07, 6.45) is 5.99. The van der Waals surface area contributed by atoms with Crippen LogP contribution in [0.1, 0.15) is 38.5 Å². The molecule has 0 heterocycles. The molecule has 5 N–H and O–H groups in total. The van der Waals surface area contributed by atoms with Crippen molar-refractivity contribution in [1.29, 1.82) is 0 Å². The lowest BCUT2D eigenvalue weighted by atomic mass is 9.66. The Kier molecular flexibility index (Phi) is 5.05. The second-order valence-electron chi connectivity index (χ2n) is 4.58. The average molecular weight is 213 g/mol. The zero-order chi connectivity index (χ0) is 11.1. The molecule has 15 heavy (non-hydrogen) atoms. The zero-order valence-electron chi connectivity index (χ0n) is 9.43. The molecule has 0 aromatic carbocycles. The molecular formula is C11H23N3O. The van der Waals surface area contributed by atoms with Crippen molar-refractivity contribution < 1.29 is 4.79 Å². The van der Waals surface area contributed by atoms with Gasteiger partial charge in [0.15, 0.2) is 0 Å². The minimum atomic E-state index is 0.123. The van der Waals surface area contributed by atoms with Crippen molar-refractivity contribution in [3.8, 4) is 0 Å². The molecule has 0 spiro atoms. The van der Waals surface area contributed by atoms with Crippen LogP contribution in [0.4, 0.5) is 0 Å². The molecule has 4 nitrogen and oxygen atoms in total. The van der Waals surface area contributed by atoms with Crippen LogP contribution in [0.5, 0.6) is 0 Å². The molecule has 1 amide bonds. The second kappa shape index (κ2) is 6.08. The molecule has 0 aliphatic heterocycles. The first-order valence-electron chi connectivity index (χ1n) is 5.89. The van der Waals surface area contributed by atoms with Gasteiger partial charge in [0.05, 0.1) is 0 Å². The van der Waals surface area contributed by atoms with Crippen molar-refractivity contribution >= 4 is 5.91 Å². The second-order valence-corrected chi connectivity index (χ2v) is 4.58. The molecular weight excluding hydrogens is 190 g/mol. The van der Waals surface area contributed by atoms with Crippen molar-refractivity contribution in [2.75, 3.05) is 19.6 Å². The zero-order valence-corrected chi connectivity index (χ0v) is 9.43. The lowest BCUT2D eigenvalue weighted by molar-refractivity contribution is -0.124. The van der Waals surface area contributed by atoms with Gasteiger partial charge in [-0.1, -0.05) is 6.42 Å². The Hall–Kier alpha value is -0.610. The van der Waals surface area contributed by atoms with Crippen molar-refractivity contribution in [3.05, 3.63) is 0 Å². The highest BCUT2D eigenvalue weighted by atomic mass is 16.1. The van der Waals surface area contributed by atoms with Crippen LogP contribution in [0.25, 0.3) is 0 Å². The van der Waals surface area contributed by atoms with Crippen molar-refractivity contribution in [1.82, 2.24) is 5.32 Å². The van der Waals surface area contributed by atoms with Gasteiger partial charge in [0, 0.05) is 13.0 Å². The molecule has 0 aromatic heterocycles. The first-order valence-corrected chi connectivity index (χ1v) is 5.89. The minimum absolute atomic E-state index is 0.123. The van der Waals surface area contributed by atoms with E-state index < -0.39 is 0 Å². The summed E-state index contributed by atoms with van der Waals surface area (Å²) in [6, 6.07) is 0. The molecule has 0 unspecified atom stereocenters. The summed E-state index contributed by atoms with van der Waals surface area (Å²) in [5.41, 5.74) is 11.2. The quantitative estimate of drug-likeness (QED) is 0.534. The number of nitrogens with one attached hydrogen (secondary N) is 1. The number of hydrogen-bond donors (Lipinski definition) is 3. The Morgan fingerprint density at radius 3 is 2.47 bits per heavy atom. The number of amides is 1. The highest BCUT2D eigenvalue weighted by Crippen LogP contribution is 2.42. The molecule has 88 valence electrons. The van der Waals surface area contributed by atoms with E-state index >= 15 is 0 Å². The fourth-order valence-corrected chi connectivity index (χ4v) is 2.03. The van der Waals surface area contributed by atoms with E-state index in [1.165, 1.54) is 6.42 Å². The third kappa shape index (κ3) is 3.80. The smallest absolute Gasteiger partial charge is 0.220 e. The molecule has 1 aliphatic rings. The lowest BCUT2D eigenvalue weighted by Crippen LogP contribution is -2.42. The normalized spacial score (nSPS) is 18.3. The van der Waals surface area contributed by atoms with Crippen molar-refractivity contribution in [2.45, 2.75) is 38.5 Å². The van der Waals surface area contributed by atoms with Gasteiger partial charge in [-0.25, -0.2) is 0 Å². The van der Waals surface area contributed by atoms with E-state index in [9.17, 15) is 4.79 Å². The monoisotopic (exact) mass is 213 g/mol. The summed E-state index contributed by atoms with van der Waals surface area (Å²) in [6.45, 7) is 2.09. The van der Waals surface area contributed by atoms with Crippen molar-refractivity contribution in [3.63, 3.8) is 0 Å². The van der Waals surface area contributed by atoms with Crippen LogP contribution in [0.15, 0.2) is 0 Å². The first kappa shape index (κ1) is 12.5. The van der Waals surface area contributed by atoms with E-state index in [0.29, 0.717) is 19.5 Å². The minimum Gasteiger partial charge on any atom is -0.356 e. The van der Waals surface area contributed by atoms with Gasteiger partial charge < -0.3 is 16.8 Å². The lowest BCUT2D eigenvalue weighted by Gasteiger charge is -2.40. The van der Waals surface area contributed by atoms with Crippen LogP contribution in [0.2, 0.25) is 0 Å². The number of carbonyl (C=O) groups is 1. The molecule has 1 aliphatic carbocycles. The first-order chi connectivity index (χ1) is 7.22. The Labute approximate surface area is 91.8 Å². The molecule has 0 atom stereocenters. The topological polar surface area (TPSA) is 81.1 Å². The van der Waals surface area contributed by atoms with E-state index in [1.807, 2.05) is 0 Å². The highest BCUT2D eigenvalue weighted by Gasteiger charge is 2.37. The van der Waals surface area contributed by atoms with E-state index in [0.717, 1.165) is 32.2 Å². The third-order valence-corrected chi connectivity index (χ3v) is 3.34. The number of nitrogens with two attached hydrogens (primary N) is 2. The van der Waals surface area contributed by atoms with Crippen LogP contribution < -0.4 is 16.8 Å². The van der Waals surface area contributed by atoms with E-state index in [1.54, 1.807) is 0 Å². The number of rotatable bonds is 7. The summed E-state index contributed by atoms with van der Waals surface area (Å²) < 4.78 is 0. The molecule has 0 aromatic rings. The summed E-state index contributed by atoms with van der Waals surface area (Å²) in [5.74, 6) is 0.150. The Morgan fingerprint density at radius 2 is 2.00 bits per heavy atom. The van der Waals surface area contributed by atoms with Gasteiger partial charge in [0.2, 0.25) is 5.91 Å². The summed E-state index contributed by atoms with van der Waals surface area (Å²) >= 11 is 0. The molecule has 1 saturated carbocycles. The Balaban J connectivity index is 2.12. The molecule has 0 radical (unpaired) electrons. The van der Waals surface area contributed by atoms with Crippen LogP contribution in [-0.4, -0.2) is 25.5 Å². The largest absolute Gasteiger partial charge is 0.356 e. The fourth-order valence-electron chi connectivity index (χ4n) is 2.03. The van der Waals surface area contributed by atoms with Gasteiger partial charge in [-0.2, -0.15) is 0 Å². The van der Waals surface area contributed by atoms with Gasteiger partial charge in [-0.3, -0.25) is 4.79 Å². The maximum Gasteiger partial charge on any atom is 0.220 e. The van der Waals surface area contributed by atoms with E-state index in [-0.39, 0.29) is 11.3 Å². The van der Waals surface area contributed by atoms with Gasteiger partial charge in [-0.15, -0.1) is 0 Å². The fraction of sp³-hybridized carbons (Fsp3) is 0.909. The number of hydrogen-bond acceptors (Lipinski definition) is 3. The molecule has 1 rings (SSSR count). The van der Waals surface area contributed by atoms with Gasteiger partial charge >= 0.3 is 0 Å². The van der Waals surface area contributed by atoms with E-state index in [4.69, 9.17) is 11.5 Å². The van der Waals surface area contributed by atoms with Gasteiger partial charge in [0.1, 0.15) is 0 Å². The maximum absolute atomic E-state index is 11.6. The summed E-state index contributed by atoms with van der Waals surface area (Å²) in [7, 11) is 0. The Morgan fingerprint density at radius 1 is 1.27 bits per heavy atom. The van der Waals surface area contributed by atoms with Gasteiger partial charge in [0.25, 0.3) is 0 Å². The summed E-state index contributed by atoms with van der Waals surface area (Å²) in [4.78, 5) is 11.6. The molecule has 0 bridgehead atoms. The average Bonchev–Trinajstić information content (AvgIpc) is 2.18. The predicted octanol–water partition coefficient (Wildman–Crippen LogP) is 0.361. The standard InChI is InChI=1S/C11H23N3O/c12-6-1-2-7-14-10(15)8-11(9-13)4-3-5-11/h1-9,12-13H2,(H,14,15). The van der Waals surface area contributed by atoms with Crippen molar-refractivity contribution in [2.24, 2.45) is 16.9 Å². The van der Waals surface area contributed by atoms with Crippen LogP contribution in [0, 0.1) is 5.41 Å². The molecule has 0 saturated heterocycles. The summed E-state index contributed by atoms with van der Waals surface area (Å²) in [5, 5.41) is 2.93. The Bertz CT molecular complexity index is 196. The van der Waals surface area contributed by atoms with Crippen LogP contribution in [-0.2, 0) is 4.79 Å². The van der Waals surface area contributed by atoms with E-state index in [2.05, 4.69) is 5.32 Å². The number of carbonyl (C=O) groups excluding carboxylic acids is 1. The predicted molar refractivity (Wildman–Crippen MR) is 61.3 cm³/mol.